The van der Waals surface area contributed by atoms with Gasteiger partial charge >= 0.3 is 0 Å². The van der Waals surface area contributed by atoms with Crippen molar-refractivity contribution < 1.29 is 33.7 Å². The maximum Gasteiger partial charge on any atom is 0.296 e. The number of furan rings is 1. The van der Waals surface area contributed by atoms with E-state index >= 15 is 0 Å². The van der Waals surface area contributed by atoms with Crippen LogP contribution in [-0.2, 0) is 22.6 Å². The van der Waals surface area contributed by atoms with Crippen molar-refractivity contribution in [3.05, 3.63) is 82.8 Å². The molecule has 1 amide bonds. The first-order valence-corrected chi connectivity index (χ1v) is 10.8. The van der Waals surface area contributed by atoms with Crippen LogP contribution in [-0.4, -0.2) is 40.0 Å². The van der Waals surface area contributed by atoms with Crippen LogP contribution in [0, 0.1) is 0 Å². The Balaban J connectivity index is 1.65. The highest BCUT2D eigenvalue weighted by atomic mass is 16.5. The summed E-state index contributed by atoms with van der Waals surface area (Å²) in [7, 11) is 1.41. The van der Waals surface area contributed by atoms with Crippen molar-refractivity contribution in [2.24, 2.45) is 0 Å². The zero-order chi connectivity index (χ0) is 24.0. The molecule has 1 aromatic heterocycles. The number of rotatable bonds is 5. The number of hydrogen-bond acceptors (Lipinski definition) is 7. The number of ether oxygens (including phenoxy) is 2. The molecule has 5 rings (SSSR count). The molecule has 0 spiro atoms. The smallest absolute Gasteiger partial charge is 0.296 e. The van der Waals surface area contributed by atoms with Crippen LogP contribution in [0.25, 0.3) is 5.76 Å². The molecule has 2 atom stereocenters. The summed E-state index contributed by atoms with van der Waals surface area (Å²) in [6.07, 6.45) is 2.19. The summed E-state index contributed by atoms with van der Waals surface area (Å²) in [6.45, 7) is 1.98. The van der Waals surface area contributed by atoms with Gasteiger partial charge in [0.1, 0.15) is 23.4 Å². The zero-order valence-corrected chi connectivity index (χ0v) is 18.6. The second-order valence-electron chi connectivity index (χ2n) is 8.39. The molecular weight excluding hydrogens is 438 g/mol. The van der Waals surface area contributed by atoms with Crippen LogP contribution in [0.2, 0.25) is 0 Å². The molecule has 0 bridgehead atoms. The Bertz CT molecular complexity index is 1310. The molecule has 1 saturated heterocycles. The molecule has 2 aromatic carbocycles. The topological polar surface area (TPSA) is 109 Å². The van der Waals surface area contributed by atoms with Crippen molar-refractivity contribution in [1.29, 1.82) is 0 Å². The van der Waals surface area contributed by atoms with Gasteiger partial charge in [-0.05, 0) is 60.5 Å². The lowest BCUT2D eigenvalue weighted by atomic mass is 9.94. The highest BCUT2D eigenvalue weighted by molar-refractivity contribution is 6.46. The lowest BCUT2D eigenvalue weighted by Gasteiger charge is -2.25. The maximum atomic E-state index is 13.2. The van der Waals surface area contributed by atoms with Gasteiger partial charge in [-0.15, -0.1) is 0 Å². The summed E-state index contributed by atoms with van der Waals surface area (Å²) in [5.41, 5.74) is 1.80. The predicted octanol–water partition coefficient (Wildman–Crippen LogP) is 3.94. The number of fused-ring (bicyclic) bond motifs is 1. The van der Waals surface area contributed by atoms with Crippen molar-refractivity contribution in [2.45, 2.75) is 32.0 Å². The SMILES string of the molecule is COc1cc(C2C(=C(O)c3ccc4c(c3)CC(C)O4)C(=O)C(=O)N2Cc2ccco2)ccc1O. The third kappa shape index (κ3) is 3.57. The molecule has 2 N–H and O–H groups in total. The van der Waals surface area contributed by atoms with Crippen molar-refractivity contribution in [3.8, 4) is 17.2 Å². The average Bonchev–Trinajstić information content (AvgIpc) is 3.53. The van der Waals surface area contributed by atoms with Crippen molar-refractivity contribution in [3.63, 3.8) is 0 Å². The first kappa shape index (κ1) is 21.6. The van der Waals surface area contributed by atoms with E-state index in [9.17, 15) is 19.8 Å². The fraction of sp³-hybridized carbons (Fsp3) is 0.231. The number of Topliss-reactive ketones (excluding diaryl/α,β-unsaturated/α-hetero) is 1. The lowest BCUT2D eigenvalue weighted by molar-refractivity contribution is -0.140. The van der Waals surface area contributed by atoms with Gasteiger partial charge in [0, 0.05) is 12.0 Å². The summed E-state index contributed by atoms with van der Waals surface area (Å²) in [5, 5.41) is 21.4. The third-order valence-corrected chi connectivity index (χ3v) is 6.14. The molecule has 174 valence electrons. The van der Waals surface area contributed by atoms with E-state index in [0.29, 0.717) is 23.3 Å². The van der Waals surface area contributed by atoms with E-state index < -0.39 is 17.7 Å². The van der Waals surface area contributed by atoms with Crippen LogP contribution in [0.15, 0.2) is 64.8 Å². The monoisotopic (exact) mass is 461 g/mol. The highest BCUT2D eigenvalue weighted by Crippen LogP contribution is 2.43. The van der Waals surface area contributed by atoms with Crippen molar-refractivity contribution >= 4 is 17.4 Å². The Hall–Kier alpha value is -4.20. The first-order valence-electron chi connectivity index (χ1n) is 10.8. The van der Waals surface area contributed by atoms with E-state index in [1.165, 1.54) is 24.3 Å². The van der Waals surface area contributed by atoms with E-state index in [0.717, 1.165) is 11.3 Å². The van der Waals surface area contributed by atoms with Crippen LogP contribution in [0.3, 0.4) is 0 Å². The largest absolute Gasteiger partial charge is 0.507 e. The average molecular weight is 461 g/mol. The first-order chi connectivity index (χ1) is 16.4. The minimum absolute atomic E-state index is 0.0238. The summed E-state index contributed by atoms with van der Waals surface area (Å²) in [6, 6.07) is 12.3. The molecular formula is C26H23NO7. The van der Waals surface area contributed by atoms with Gasteiger partial charge in [-0.3, -0.25) is 9.59 Å². The molecule has 0 saturated carbocycles. The fourth-order valence-corrected chi connectivity index (χ4v) is 4.55. The second-order valence-corrected chi connectivity index (χ2v) is 8.39. The van der Waals surface area contributed by atoms with Crippen LogP contribution in [0.5, 0.6) is 17.2 Å². The van der Waals surface area contributed by atoms with Gasteiger partial charge in [0.2, 0.25) is 0 Å². The molecule has 0 radical (unpaired) electrons. The molecule has 2 aliphatic rings. The Morgan fingerprint density at radius 1 is 1.18 bits per heavy atom. The van der Waals surface area contributed by atoms with Crippen LogP contribution >= 0.6 is 0 Å². The van der Waals surface area contributed by atoms with Crippen molar-refractivity contribution in [1.82, 2.24) is 4.90 Å². The highest BCUT2D eigenvalue weighted by Gasteiger charge is 2.46. The van der Waals surface area contributed by atoms with Gasteiger partial charge in [0.05, 0.1) is 31.5 Å². The fourth-order valence-electron chi connectivity index (χ4n) is 4.55. The van der Waals surface area contributed by atoms with E-state index in [1.807, 2.05) is 6.92 Å². The summed E-state index contributed by atoms with van der Waals surface area (Å²) < 4.78 is 16.4. The third-order valence-electron chi connectivity index (χ3n) is 6.14. The molecule has 3 heterocycles. The number of benzene rings is 2. The van der Waals surface area contributed by atoms with Gasteiger partial charge in [-0.2, -0.15) is 0 Å². The molecule has 8 nitrogen and oxygen atoms in total. The summed E-state index contributed by atoms with van der Waals surface area (Å²) >= 11 is 0. The number of likely N-dealkylation sites (tertiary alicyclic amines) is 1. The number of aliphatic hydroxyl groups is 1. The molecule has 1 fully saturated rings. The Kier molecular flexibility index (Phi) is 5.28. The number of amides is 1. The van der Waals surface area contributed by atoms with Gasteiger partial charge in [-0.25, -0.2) is 0 Å². The number of hydrogen-bond donors (Lipinski definition) is 2. The number of carbonyl (C=O) groups is 2. The van der Waals surface area contributed by atoms with Crippen LogP contribution in [0.4, 0.5) is 0 Å². The van der Waals surface area contributed by atoms with Crippen LogP contribution in [0.1, 0.15) is 35.4 Å². The molecule has 2 unspecified atom stereocenters. The number of phenols is 1. The molecule has 34 heavy (non-hydrogen) atoms. The number of phenolic OH excluding ortho intramolecular Hbond substituents is 1. The second kappa shape index (κ2) is 8.30. The lowest BCUT2D eigenvalue weighted by Crippen LogP contribution is -2.29. The Morgan fingerprint density at radius 3 is 2.74 bits per heavy atom. The summed E-state index contributed by atoms with van der Waals surface area (Å²) in [5.74, 6) is -0.505. The van der Waals surface area contributed by atoms with E-state index in [4.69, 9.17) is 13.9 Å². The normalized spacial score (nSPS) is 20.9. The standard InChI is InChI=1S/C26H23NO7/c1-14-10-17-11-16(6-8-20(17)34-14)24(29)22-23(15-5-7-19(28)21(12-15)32-2)27(26(31)25(22)30)13-18-4-3-9-33-18/h3-9,11-12,14,23,28-29H,10,13H2,1-2H3. The number of aromatic hydroxyl groups is 1. The number of carbonyl (C=O) groups excluding carboxylic acids is 2. The molecule has 0 aliphatic carbocycles. The molecule has 8 heteroatoms. The predicted molar refractivity (Wildman–Crippen MR) is 121 cm³/mol. The molecule has 3 aromatic rings. The van der Waals surface area contributed by atoms with E-state index in [-0.39, 0.29) is 35.5 Å². The minimum atomic E-state index is -0.914. The van der Waals surface area contributed by atoms with Gasteiger partial charge < -0.3 is 29.0 Å². The quantitative estimate of drug-likeness (QED) is 0.336. The Labute approximate surface area is 195 Å². The van der Waals surface area contributed by atoms with Gasteiger partial charge in [0.25, 0.3) is 11.7 Å². The van der Waals surface area contributed by atoms with Gasteiger partial charge in [0.15, 0.2) is 11.5 Å². The number of methoxy groups -OCH3 is 1. The Morgan fingerprint density at radius 2 is 2.00 bits per heavy atom. The van der Waals surface area contributed by atoms with Crippen LogP contribution < -0.4 is 9.47 Å². The summed E-state index contributed by atoms with van der Waals surface area (Å²) in [4.78, 5) is 27.7. The number of aliphatic hydroxyl groups excluding tert-OH is 1. The molecule has 2 aliphatic heterocycles. The zero-order valence-electron chi connectivity index (χ0n) is 18.6. The minimum Gasteiger partial charge on any atom is -0.507 e. The van der Waals surface area contributed by atoms with Crippen molar-refractivity contribution in [2.75, 3.05) is 7.11 Å². The number of ketones is 1. The maximum absolute atomic E-state index is 13.2. The van der Waals surface area contributed by atoms with Gasteiger partial charge in [-0.1, -0.05) is 6.07 Å². The van der Waals surface area contributed by atoms with E-state index in [1.54, 1.807) is 42.5 Å². The van der Waals surface area contributed by atoms with E-state index in [2.05, 4.69) is 0 Å². The number of nitrogens with zero attached hydrogens (tertiary/aromatic N) is 1.